The number of aromatic amines is 1. The lowest BCUT2D eigenvalue weighted by Crippen LogP contribution is -2.46. The topological polar surface area (TPSA) is 78.3 Å². The quantitative estimate of drug-likeness (QED) is 0.256. The molecule has 2 heterocycles. The van der Waals surface area contributed by atoms with Gasteiger partial charge in [-0.15, -0.1) is 0 Å². The van der Waals surface area contributed by atoms with Crippen LogP contribution < -0.4 is 5.32 Å². The second-order valence-corrected chi connectivity index (χ2v) is 10.3. The van der Waals surface area contributed by atoms with E-state index in [4.69, 9.17) is 16.0 Å². The molecule has 1 unspecified atom stereocenters. The first-order valence-electron chi connectivity index (χ1n) is 13.1. The lowest BCUT2D eigenvalue weighted by atomic mass is 9.95. The number of amides is 2. The molecule has 1 saturated carbocycles. The van der Waals surface area contributed by atoms with Crippen molar-refractivity contribution >= 4 is 23.4 Å². The molecule has 2 aromatic heterocycles. The number of rotatable bonds is 8. The predicted octanol–water partition coefficient (Wildman–Crippen LogP) is 7.07. The summed E-state index contributed by atoms with van der Waals surface area (Å²) in [5.41, 5.74) is 2.92. The van der Waals surface area contributed by atoms with Crippen LogP contribution in [0.2, 0.25) is 5.02 Å². The van der Waals surface area contributed by atoms with Gasteiger partial charge in [0.15, 0.2) is 6.04 Å². The van der Waals surface area contributed by atoms with Gasteiger partial charge in [0.05, 0.1) is 0 Å². The zero-order valence-electron chi connectivity index (χ0n) is 21.5. The molecule has 0 aliphatic heterocycles. The van der Waals surface area contributed by atoms with Gasteiger partial charge >= 0.3 is 0 Å². The summed E-state index contributed by atoms with van der Waals surface area (Å²) in [5, 5.41) is 3.74. The monoisotopic (exact) mass is 529 g/mol. The zero-order chi connectivity index (χ0) is 26.5. The smallest absolute Gasteiger partial charge is 0.271 e. The van der Waals surface area contributed by atoms with Crippen LogP contribution >= 0.6 is 11.6 Å². The fraction of sp³-hybridized carbons (Fsp3) is 0.290. The number of aryl methyl sites for hydroxylation is 1. The standard InChI is InChI=1S/C31H32ClN3O3/c1-21-16-19-28(38-21)29(30(36)33-24-13-6-3-7-14-24)35(20-23-12-8-9-15-25(23)32)31(37)27-18-17-26(34-27)22-10-4-2-5-11-22/h2,4-5,8-12,15-19,24,29,34H,3,6-7,13-14,20H2,1H3,(H,33,36). The van der Waals surface area contributed by atoms with Gasteiger partial charge in [0.1, 0.15) is 17.2 Å². The summed E-state index contributed by atoms with van der Waals surface area (Å²) in [7, 11) is 0. The molecule has 38 heavy (non-hydrogen) atoms. The van der Waals surface area contributed by atoms with Gasteiger partial charge in [-0.2, -0.15) is 0 Å². The van der Waals surface area contributed by atoms with Crippen LogP contribution in [-0.4, -0.2) is 27.7 Å². The maximum atomic E-state index is 14.2. The van der Waals surface area contributed by atoms with Crippen molar-refractivity contribution in [3.05, 3.63) is 107 Å². The van der Waals surface area contributed by atoms with Crippen LogP contribution in [0, 0.1) is 6.92 Å². The lowest BCUT2D eigenvalue weighted by Gasteiger charge is -2.32. The van der Waals surface area contributed by atoms with Gasteiger partial charge in [-0.25, -0.2) is 0 Å². The minimum atomic E-state index is -0.960. The normalized spacial score (nSPS) is 14.7. The Bertz CT molecular complexity index is 1390. The van der Waals surface area contributed by atoms with Crippen molar-refractivity contribution in [2.45, 2.75) is 57.7 Å². The Balaban J connectivity index is 1.53. The van der Waals surface area contributed by atoms with Gasteiger partial charge in [-0.05, 0) is 61.2 Å². The van der Waals surface area contributed by atoms with Crippen molar-refractivity contribution in [3.8, 4) is 11.3 Å². The minimum Gasteiger partial charge on any atom is -0.464 e. The molecule has 2 N–H and O–H groups in total. The SMILES string of the molecule is Cc1ccc(C(C(=O)NC2CCCCC2)N(Cc2ccccc2Cl)C(=O)c2ccc(-c3ccccc3)[nH]2)o1. The highest BCUT2D eigenvalue weighted by Crippen LogP contribution is 2.30. The molecule has 196 valence electrons. The predicted molar refractivity (Wildman–Crippen MR) is 149 cm³/mol. The Morgan fingerprint density at radius 3 is 2.42 bits per heavy atom. The summed E-state index contributed by atoms with van der Waals surface area (Å²) in [6.07, 6.45) is 5.22. The van der Waals surface area contributed by atoms with Crippen LogP contribution in [-0.2, 0) is 11.3 Å². The molecule has 6 nitrogen and oxygen atoms in total. The van der Waals surface area contributed by atoms with E-state index < -0.39 is 6.04 Å². The summed E-state index contributed by atoms with van der Waals surface area (Å²) >= 11 is 6.52. The van der Waals surface area contributed by atoms with Crippen LogP contribution in [0.1, 0.15) is 65.7 Å². The Labute approximate surface area is 228 Å². The molecule has 7 heteroatoms. The maximum Gasteiger partial charge on any atom is 0.271 e. The van der Waals surface area contributed by atoms with Gasteiger partial charge in [0.25, 0.3) is 11.8 Å². The van der Waals surface area contributed by atoms with Crippen molar-refractivity contribution in [1.82, 2.24) is 15.2 Å². The molecule has 1 fully saturated rings. The second-order valence-electron chi connectivity index (χ2n) is 9.87. The third-order valence-corrected chi connectivity index (χ3v) is 7.47. The highest BCUT2D eigenvalue weighted by molar-refractivity contribution is 6.31. The molecule has 0 saturated heterocycles. The molecular weight excluding hydrogens is 498 g/mol. The van der Waals surface area contributed by atoms with Crippen molar-refractivity contribution in [2.75, 3.05) is 0 Å². The third-order valence-electron chi connectivity index (χ3n) is 7.10. The van der Waals surface area contributed by atoms with Crippen molar-refractivity contribution in [2.24, 2.45) is 0 Å². The number of aromatic nitrogens is 1. The van der Waals surface area contributed by atoms with Crippen LogP contribution in [0.3, 0.4) is 0 Å². The molecule has 0 spiro atoms. The van der Waals surface area contributed by atoms with Crippen molar-refractivity contribution in [3.63, 3.8) is 0 Å². The largest absolute Gasteiger partial charge is 0.464 e. The average molecular weight is 530 g/mol. The highest BCUT2D eigenvalue weighted by Gasteiger charge is 2.36. The summed E-state index contributed by atoms with van der Waals surface area (Å²) in [6.45, 7) is 1.97. The molecule has 1 aliphatic carbocycles. The number of halogens is 1. The van der Waals surface area contributed by atoms with Crippen LogP contribution in [0.25, 0.3) is 11.3 Å². The second kappa shape index (κ2) is 11.7. The highest BCUT2D eigenvalue weighted by atomic mass is 35.5. The zero-order valence-corrected chi connectivity index (χ0v) is 22.2. The van der Waals surface area contributed by atoms with E-state index >= 15 is 0 Å². The first-order chi connectivity index (χ1) is 18.5. The molecule has 5 rings (SSSR count). The molecule has 4 aromatic rings. The molecule has 0 bridgehead atoms. The van der Waals surface area contributed by atoms with E-state index in [0.717, 1.165) is 42.5 Å². The molecule has 2 aromatic carbocycles. The summed E-state index contributed by atoms with van der Waals surface area (Å²) in [4.78, 5) is 32.9. The van der Waals surface area contributed by atoms with Gasteiger partial charge in [0, 0.05) is 23.3 Å². The summed E-state index contributed by atoms with van der Waals surface area (Å²) in [5.74, 6) is 0.532. The number of furan rings is 1. The average Bonchev–Trinajstić information content (AvgIpc) is 3.60. The third kappa shape index (κ3) is 5.86. The fourth-order valence-corrected chi connectivity index (χ4v) is 5.30. The number of H-pyrrole nitrogens is 1. The minimum absolute atomic E-state index is 0.0854. The first-order valence-corrected chi connectivity index (χ1v) is 13.5. The van der Waals surface area contributed by atoms with Gasteiger partial charge in [-0.3, -0.25) is 9.59 Å². The number of carbonyl (C=O) groups excluding carboxylic acids is 2. The molecular formula is C31H32ClN3O3. The number of hydrogen-bond acceptors (Lipinski definition) is 3. The number of nitrogens with one attached hydrogen (secondary N) is 2. The van der Waals surface area contributed by atoms with E-state index in [-0.39, 0.29) is 24.4 Å². The molecule has 1 atom stereocenters. The van der Waals surface area contributed by atoms with E-state index in [1.807, 2.05) is 67.6 Å². The number of hydrogen-bond donors (Lipinski definition) is 2. The fourth-order valence-electron chi connectivity index (χ4n) is 5.10. The van der Waals surface area contributed by atoms with E-state index in [9.17, 15) is 9.59 Å². The van der Waals surface area contributed by atoms with Gasteiger partial charge < -0.3 is 19.6 Å². The van der Waals surface area contributed by atoms with Crippen LogP contribution in [0.5, 0.6) is 0 Å². The number of benzene rings is 2. The van der Waals surface area contributed by atoms with Crippen molar-refractivity contribution < 1.29 is 14.0 Å². The number of nitrogens with zero attached hydrogens (tertiary/aromatic N) is 1. The number of carbonyl (C=O) groups is 2. The maximum absolute atomic E-state index is 14.2. The van der Waals surface area contributed by atoms with E-state index in [1.54, 1.807) is 23.1 Å². The Morgan fingerprint density at radius 2 is 1.71 bits per heavy atom. The Hall–Kier alpha value is -3.77. The molecule has 1 aliphatic rings. The molecule has 0 radical (unpaired) electrons. The van der Waals surface area contributed by atoms with E-state index in [0.29, 0.717) is 22.2 Å². The lowest BCUT2D eigenvalue weighted by molar-refractivity contribution is -0.127. The molecule has 2 amide bonds. The van der Waals surface area contributed by atoms with Gasteiger partial charge in [-0.1, -0.05) is 79.4 Å². The Morgan fingerprint density at radius 1 is 0.974 bits per heavy atom. The van der Waals surface area contributed by atoms with Gasteiger partial charge in [0.2, 0.25) is 0 Å². The van der Waals surface area contributed by atoms with E-state index in [1.165, 1.54) is 6.42 Å². The van der Waals surface area contributed by atoms with Crippen LogP contribution in [0.15, 0.2) is 83.3 Å². The van der Waals surface area contributed by atoms with E-state index in [2.05, 4.69) is 10.3 Å². The Kier molecular flexibility index (Phi) is 7.99. The summed E-state index contributed by atoms with van der Waals surface area (Å²) in [6, 6.07) is 23.5. The first kappa shape index (κ1) is 25.9. The van der Waals surface area contributed by atoms with Crippen LogP contribution in [0.4, 0.5) is 0 Å². The summed E-state index contributed by atoms with van der Waals surface area (Å²) < 4.78 is 5.97. The van der Waals surface area contributed by atoms with Crippen molar-refractivity contribution in [1.29, 1.82) is 0 Å².